The van der Waals surface area contributed by atoms with Crippen molar-refractivity contribution < 1.29 is 34.5 Å². The Morgan fingerprint density at radius 3 is 1.58 bits per heavy atom. The van der Waals surface area contributed by atoms with Crippen LogP contribution in [0.15, 0.2) is 0 Å². The van der Waals surface area contributed by atoms with Gasteiger partial charge in [0, 0.05) is 32.7 Å². The van der Waals surface area contributed by atoms with Gasteiger partial charge in [-0.1, -0.05) is 0 Å². The Labute approximate surface area is 140 Å². The van der Waals surface area contributed by atoms with Crippen LogP contribution in [0.1, 0.15) is 0 Å². The Kier molecular flexibility index (Phi) is 12.5. The maximum atomic E-state index is 10.8. The van der Waals surface area contributed by atoms with Crippen molar-refractivity contribution in [2.45, 2.75) is 0 Å². The summed E-state index contributed by atoms with van der Waals surface area (Å²) in [6.45, 7) is 1.01. The smallest absolute Gasteiger partial charge is 0.317 e. The molecular formula is C14H25N3O7. The summed E-state index contributed by atoms with van der Waals surface area (Å²) in [6.07, 6.45) is 1.32. The summed E-state index contributed by atoms with van der Waals surface area (Å²) >= 11 is 0. The predicted molar refractivity (Wildman–Crippen MR) is 83.8 cm³/mol. The zero-order valence-electron chi connectivity index (χ0n) is 13.5. The SMILES string of the molecule is O=CCN(CCN(CC=O)CC(=O)O)CCN(CCO)CC(=O)O. The molecule has 0 radical (unpaired) electrons. The van der Waals surface area contributed by atoms with E-state index in [-0.39, 0.29) is 45.9 Å². The van der Waals surface area contributed by atoms with Crippen LogP contribution in [0.2, 0.25) is 0 Å². The summed E-state index contributed by atoms with van der Waals surface area (Å²) in [6, 6.07) is 0. The number of aliphatic hydroxyl groups is 1. The molecule has 138 valence electrons. The molecule has 10 nitrogen and oxygen atoms in total. The van der Waals surface area contributed by atoms with E-state index in [1.807, 2.05) is 0 Å². The van der Waals surface area contributed by atoms with Crippen molar-refractivity contribution in [3.05, 3.63) is 0 Å². The van der Waals surface area contributed by atoms with Gasteiger partial charge in [-0.3, -0.25) is 24.3 Å². The maximum Gasteiger partial charge on any atom is 0.317 e. The number of hydrogen-bond donors (Lipinski definition) is 3. The molecule has 0 aromatic carbocycles. The Morgan fingerprint density at radius 2 is 1.12 bits per heavy atom. The second kappa shape index (κ2) is 13.5. The summed E-state index contributed by atoms with van der Waals surface area (Å²) in [5, 5.41) is 26.5. The lowest BCUT2D eigenvalue weighted by Crippen LogP contribution is -2.43. The monoisotopic (exact) mass is 347 g/mol. The molecule has 0 amide bonds. The van der Waals surface area contributed by atoms with E-state index in [1.54, 1.807) is 9.80 Å². The van der Waals surface area contributed by atoms with Gasteiger partial charge < -0.3 is 24.9 Å². The van der Waals surface area contributed by atoms with Crippen LogP contribution in [-0.2, 0) is 19.2 Å². The fourth-order valence-electron chi connectivity index (χ4n) is 2.10. The molecule has 24 heavy (non-hydrogen) atoms. The molecule has 0 spiro atoms. The van der Waals surface area contributed by atoms with Crippen molar-refractivity contribution in [3.8, 4) is 0 Å². The number of aldehydes is 2. The van der Waals surface area contributed by atoms with E-state index in [2.05, 4.69) is 0 Å². The summed E-state index contributed by atoms with van der Waals surface area (Å²) < 4.78 is 0. The van der Waals surface area contributed by atoms with Crippen LogP contribution in [0, 0.1) is 0 Å². The fourth-order valence-corrected chi connectivity index (χ4v) is 2.10. The lowest BCUT2D eigenvalue weighted by atomic mass is 10.3. The van der Waals surface area contributed by atoms with Crippen LogP contribution < -0.4 is 0 Å². The first kappa shape index (κ1) is 22.1. The molecule has 0 aromatic rings. The number of carbonyl (C=O) groups is 4. The van der Waals surface area contributed by atoms with Gasteiger partial charge in [0.25, 0.3) is 0 Å². The predicted octanol–water partition coefficient (Wildman–Crippen LogP) is -2.55. The highest BCUT2D eigenvalue weighted by Gasteiger charge is 2.14. The highest BCUT2D eigenvalue weighted by atomic mass is 16.4. The zero-order chi connectivity index (χ0) is 18.4. The van der Waals surface area contributed by atoms with Gasteiger partial charge in [-0.05, 0) is 0 Å². The second-order valence-corrected chi connectivity index (χ2v) is 5.16. The van der Waals surface area contributed by atoms with Gasteiger partial charge in [-0.25, -0.2) is 0 Å². The van der Waals surface area contributed by atoms with Gasteiger partial charge in [-0.15, -0.1) is 0 Å². The molecule has 0 bridgehead atoms. The standard InChI is InChI=1S/C14H25N3O7/c18-8-5-15(1-3-16(6-9-19)11-13(21)22)2-4-17(7-10-20)12-14(23)24/h8-9,20H,1-7,10-12H2,(H,21,22)(H,23,24). The van der Waals surface area contributed by atoms with Crippen molar-refractivity contribution in [1.29, 1.82) is 0 Å². The van der Waals surface area contributed by atoms with Gasteiger partial charge >= 0.3 is 11.9 Å². The number of carboxylic acid groups (broad SMARTS) is 2. The minimum atomic E-state index is -1.05. The Bertz CT molecular complexity index is 406. The van der Waals surface area contributed by atoms with Gasteiger partial charge in [-0.2, -0.15) is 0 Å². The second-order valence-electron chi connectivity index (χ2n) is 5.16. The lowest BCUT2D eigenvalue weighted by Gasteiger charge is -2.27. The van der Waals surface area contributed by atoms with Crippen molar-refractivity contribution in [1.82, 2.24) is 14.7 Å². The van der Waals surface area contributed by atoms with E-state index in [4.69, 9.17) is 15.3 Å². The van der Waals surface area contributed by atoms with E-state index < -0.39 is 11.9 Å². The average molecular weight is 347 g/mol. The largest absolute Gasteiger partial charge is 0.480 e. The van der Waals surface area contributed by atoms with E-state index in [1.165, 1.54) is 4.90 Å². The number of rotatable bonds is 16. The molecule has 3 N–H and O–H groups in total. The Balaban J connectivity index is 4.49. The van der Waals surface area contributed by atoms with E-state index in [9.17, 15) is 19.2 Å². The van der Waals surface area contributed by atoms with Gasteiger partial charge in [0.15, 0.2) is 0 Å². The molecule has 0 aromatic heterocycles. The topological polar surface area (TPSA) is 139 Å². The van der Waals surface area contributed by atoms with Crippen LogP contribution in [0.25, 0.3) is 0 Å². The van der Waals surface area contributed by atoms with Gasteiger partial charge in [0.1, 0.15) is 12.6 Å². The number of aliphatic hydroxyl groups excluding tert-OH is 1. The number of hydrogen-bond acceptors (Lipinski definition) is 8. The summed E-state index contributed by atoms with van der Waals surface area (Å²) in [5.41, 5.74) is 0. The van der Waals surface area contributed by atoms with E-state index >= 15 is 0 Å². The highest BCUT2D eigenvalue weighted by Crippen LogP contribution is 1.95. The van der Waals surface area contributed by atoms with Crippen LogP contribution in [0.5, 0.6) is 0 Å². The van der Waals surface area contributed by atoms with Crippen LogP contribution in [-0.4, -0.2) is 120 Å². The zero-order valence-corrected chi connectivity index (χ0v) is 13.5. The van der Waals surface area contributed by atoms with Gasteiger partial charge in [0.05, 0.1) is 32.8 Å². The van der Waals surface area contributed by atoms with Crippen molar-refractivity contribution in [2.24, 2.45) is 0 Å². The molecule has 0 fully saturated rings. The number of nitrogens with zero attached hydrogens (tertiary/aromatic N) is 3. The van der Waals surface area contributed by atoms with Crippen molar-refractivity contribution in [3.63, 3.8) is 0 Å². The van der Waals surface area contributed by atoms with Crippen molar-refractivity contribution >= 4 is 24.5 Å². The minimum absolute atomic E-state index is 0.0170. The molecule has 0 heterocycles. The normalized spacial score (nSPS) is 11.2. The first-order valence-corrected chi connectivity index (χ1v) is 7.51. The molecular weight excluding hydrogens is 322 g/mol. The Hall–Kier alpha value is -1.88. The van der Waals surface area contributed by atoms with Gasteiger partial charge in [0.2, 0.25) is 0 Å². The highest BCUT2D eigenvalue weighted by molar-refractivity contribution is 5.69. The third-order valence-electron chi connectivity index (χ3n) is 3.26. The maximum absolute atomic E-state index is 10.8. The molecule has 0 saturated heterocycles. The molecule has 0 saturated carbocycles. The van der Waals surface area contributed by atoms with E-state index in [0.29, 0.717) is 32.2 Å². The lowest BCUT2D eigenvalue weighted by molar-refractivity contribution is -0.139. The summed E-state index contributed by atoms with van der Waals surface area (Å²) in [4.78, 5) is 47.5. The third kappa shape index (κ3) is 11.7. The molecule has 0 aliphatic rings. The molecule has 0 aliphatic carbocycles. The number of carboxylic acids is 2. The fraction of sp³-hybridized carbons (Fsp3) is 0.714. The Morgan fingerprint density at radius 1 is 0.708 bits per heavy atom. The summed E-state index contributed by atoms with van der Waals surface area (Å²) in [5.74, 6) is -2.06. The summed E-state index contributed by atoms with van der Waals surface area (Å²) in [7, 11) is 0. The molecule has 0 atom stereocenters. The first-order chi connectivity index (χ1) is 11.4. The third-order valence-corrected chi connectivity index (χ3v) is 3.26. The first-order valence-electron chi connectivity index (χ1n) is 7.51. The average Bonchev–Trinajstić information content (AvgIpc) is 2.49. The molecule has 0 rings (SSSR count). The number of aliphatic carboxylic acids is 2. The van der Waals surface area contributed by atoms with Crippen LogP contribution in [0.4, 0.5) is 0 Å². The molecule has 0 unspecified atom stereocenters. The number of carbonyl (C=O) groups excluding carboxylic acids is 2. The van der Waals surface area contributed by atoms with Crippen molar-refractivity contribution in [2.75, 3.05) is 65.5 Å². The molecule has 10 heteroatoms. The van der Waals surface area contributed by atoms with Crippen LogP contribution >= 0.6 is 0 Å². The van der Waals surface area contributed by atoms with E-state index in [0.717, 1.165) is 0 Å². The molecule has 0 aliphatic heterocycles. The quantitative estimate of drug-likeness (QED) is 0.256. The van der Waals surface area contributed by atoms with Crippen LogP contribution in [0.3, 0.4) is 0 Å². The minimum Gasteiger partial charge on any atom is -0.480 e.